The number of carbonyl (C=O) groups excluding carboxylic acids is 2. The maximum absolute atomic E-state index is 14.2. The maximum Gasteiger partial charge on any atom is 0.231 e. The molecule has 0 bridgehead atoms. The first-order valence-electron chi connectivity index (χ1n) is 8.90. The summed E-state index contributed by atoms with van der Waals surface area (Å²) in [6.45, 7) is 5.76. The van der Waals surface area contributed by atoms with Crippen LogP contribution in [-0.4, -0.2) is 42.4 Å². The smallest absolute Gasteiger partial charge is 0.231 e. The summed E-state index contributed by atoms with van der Waals surface area (Å²) in [6.07, 6.45) is 1.34. The van der Waals surface area contributed by atoms with Crippen molar-refractivity contribution in [2.24, 2.45) is 17.6 Å². The summed E-state index contributed by atoms with van der Waals surface area (Å²) >= 11 is 0. The number of carbonyl (C=O) groups is 2. The predicted octanol–water partition coefficient (Wildman–Crippen LogP) is 1.84. The normalized spacial score (nSPS) is 24.2. The lowest BCUT2D eigenvalue weighted by molar-refractivity contribution is -0.124. The zero-order chi connectivity index (χ0) is 18.2. The Hall–Kier alpha value is -1.66. The standard InChI is InChI=1S/C19H26FN3O2.ClH/c1-12(2)13-9-23(11-17(21)24)10-16(13)22-18(25)19(7-8-19)14-5-3-4-6-15(14)20;/h3-6,12-13,16H,7-11H2,1-2H3,(H2,21,24)(H,22,25);1H/t13-,16+;/m1./s1. The second-order valence-corrected chi connectivity index (χ2v) is 7.71. The van der Waals surface area contributed by atoms with Crippen LogP contribution in [-0.2, 0) is 15.0 Å². The highest BCUT2D eigenvalue weighted by atomic mass is 35.5. The third-order valence-corrected chi connectivity index (χ3v) is 5.57. The second kappa shape index (κ2) is 7.92. The molecule has 0 spiro atoms. The minimum Gasteiger partial charge on any atom is -0.369 e. The van der Waals surface area contributed by atoms with Gasteiger partial charge >= 0.3 is 0 Å². The van der Waals surface area contributed by atoms with Crippen LogP contribution in [0.2, 0.25) is 0 Å². The molecule has 1 aromatic carbocycles. The van der Waals surface area contributed by atoms with E-state index in [0.717, 1.165) is 6.54 Å². The van der Waals surface area contributed by atoms with Crippen molar-refractivity contribution in [2.75, 3.05) is 19.6 Å². The van der Waals surface area contributed by atoms with Gasteiger partial charge in [-0.15, -0.1) is 12.4 Å². The predicted molar refractivity (Wildman–Crippen MR) is 100 cm³/mol. The van der Waals surface area contributed by atoms with Gasteiger partial charge in [-0.25, -0.2) is 4.39 Å². The number of halogens is 2. The van der Waals surface area contributed by atoms with Gasteiger partial charge in [-0.3, -0.25) is 14.5 Å². The van der Waals surface area contributed by atoms with Crippen molar-refractivity contribution in [1.29, 1.82) is 0 Å². The number of nitrogens with two attached hydrogens (primary N) is 1. The zero-order valence-corrected chi connectivity index (χ0v) is 16.0. The van der Waals surface area contributed by atoms with E-state index in [1.54, 1.807) is 18.2 Å². The van der Waals surface area contributed by atoms with Gasteiger partial charge in [0.15, 0.2) is 0 Å². The van der Waals surface area contributed by atoms with Gasteiger partial charge in [0, 0.05) is 24.7 Å². The molecule has 1 saturated carbocycles. The highest BCUT2D eigenvalue weighted by Crippen LogP contribution is 2.49. The lowest BCUT2D eigenvalue weighted by atomic mass is 9.89. The van der Waals surface area contributed by atoms with Gasteiger partial charge in [-0.1, -0.05) is 32.0 Å². The first-order chi connectivity index (χ1) is 11.8. The molecule has 1 heterocycles. The molecular weight excluding hydrogens is 357 g/mol. The van der Waals surface area contributed by atoms with E-state index in [-0.39, 0.29) is 48.5 Å². The van der Waals surface area contributed by atoms with Crippen LogP contribution in [0.4, 0.5) is 4.39 Å². The first kappa shape index (κ1) is 20.6. The molecule has 0 aromatic heterocycles. The Morgan fingerprint density at radius 1 is 1.31 bits per heavy atom. The van der Waals surface area contributed by atoms with Crippen molar-refractivity contribution in [2.45, 2.75) is 38.1 Å². The van der Waals surface area contributed by atoms with Gasteiger partial charge < -0.3 is 11.1 Å². The lowest BCUT2D eigenvalue weighted by Crippen LogP contribution is -2.46. The molecule has 0 unspecified atom stereocenters. The van der Waals surface area contributed by atoms with Crippen LogP contribution in [0.15, 0.2) is 24.3 Å². The van der Waals surface area contributed by atoms with Crippen molar-refractivity contribution in [3.8, 4) is 0 Å². The topological polar surface area (TPSA) is 75.4 Å². The molecule has 2 amide bonds. The van der Waals surface area contributed by atoms with Crippen molar-refractivity contribution in [3.63, 3.8) is 0 Å². The Bertz CT molecular complexity index is 679. The van der Waals surface area contributed by atoms with Crippen molar-refractivity contribution in [3.05, 3.63) is 35.6 Å². The molecule has 144 valence electrons. The fourth-order valence-electron chi connectivity index (χ4n) is 3.99. The largest absolute Gasteiger partial charge is 0.369 e. The maximum atomic E-state index is 14.2. The van der Waals surface area contributed by atoms with Crippen molar-refractivity contribution in [1.82, 2.24) is 10.2 Å². The van der Waals surface area contributed by atoms with Gasteiger partial charge in [0.25, 0.3) is 0 Å². The number of hydrogen-bond acceptors (Lipinski definition) is 3. The second-order valence-electron chi connectivity index (χ2n) is 7.71. The molecule has 2 fully saturated rings. The lowest BCUT2D eigenvalue weighted by Gasteiger charge is -2.26. The number of rotatable bonds is 6. The molecule has 7 heteroatoms. The number of benzene rings is 1. The molecule has 0 radical (unpaired) electrons. The van der Waals surface area contributed by atoms with Gasteiger partial charge in [0.2, 0.25) is 11.8 Å². The van der Waals surface area contributed by atoms with Gasteiger partial charge in [0.05, 0.1) is 12.0 Å². The van der Waals surface area contributed by atoms with Crippen molar-refractivity contribution >= 4 is 24.2 Å². The average molecular weight is 384 g/mol. The van der Waals surface area contributed by atoms with E-state index < -0.39 is 5.41 Å². The Morgan fingerprint density at radius 2 is 1.96 bits per heavy atom. The summed E-state index contributed by atoms with van der Waals surface area (Å²) in [5.41, 5.74) is 5.06. The number of primary amides is 1. The van der Waals surface area contributed by atoms with Gasteiger partial charge in [-0.2, -0.15) is 0 Å². The number of likely N-dealkylation sites (tertiary alicyclic amines) is 1. The Morgan fingerprint density at radius 3 is 2.50 bits per heavy atom. The number of nitrogens with one attached hydrogen (secondary N) is 1. The van der Waals surface area contributed by atoms with Crippen LogP contribution in [0, 0.1) is 17.7 Å². The number of amides is 2. The first-order valence-corrected chi connectivity index (χ1v) is 8.90. The summed E-state index contributed by atoms with van der Waals surface area (Å²) < 4.78 is 14.2. The highest BCUT2D eigenvalue weighted by molar-refractivity contribution is 5.91. The Balaban J connectivity index is 0.00000243. The summed E-state index contributed by atoms with van der Waals surface area (Å²) in [6, 6.07) is 6.48. The van der Waals surface area contributed by atoms with E-state index in [4.69, 9.17) is 5.73 Å². The van der Waals surface area contributed by atoms with E-state index in [2.05, 4.69) is 19.2 Å². The van der Waals surface area contributed by atoms with Gasteiger partial charge in [0.1, 0.15) is 5.82 Å². The third kappa shape index (κ3) is 4.01. The molecule has 1 aliphatic heterocycles. The monoisotopic (exact) mass is 383 g/mol. The molecule has 1 aromatic rings. The third-order valence-electron chi connectivity index (χ3n) is 5.57. The molecule has 2 atom stereocenters. The van der Waals surface area contributed by atoms with Crippen LogP contribution >= 0.6 is 12.4 Å². The molecule has 1 saturated heterocycles. The molecule has 3 N–H and O–H groups in total. The van der Waals surface area contributed by atoms with Crippen LogP contribution in [0.3, 0.4) is 0 Å². The van der Waals surface area contributed by atoms with Crippen LogP contribution in [0.25, 0.3) is 0 Å². The quantitative estimate of drug-likeness (QED) is 0.787. The van der Waals surface area contributed by atoms with E-state index in [1.165, 1.54) is 6.07 Å². The fraction of sp³-hybridized carbons (Fsp3) is 0.579. The van der Waals surface area contributed by atoms with E-state index >= 15 is 0 Å². The summed E-state index contributed by atoms with van der Waals surface area (Å²) in [4.78, 5) is 26.1. The minimum atomic E-state index is -0.732. The van der Waals surface area contributed by atoms with E-state index in [9.17, 15) is 14.0 Å². The van der Waals surface area contributed by atoms with E-state index in [1.807, 2.05) is 4.90 Å². The van der Waals surface area contributed by atoms with Gasteiger partial charge in [-0.05, 0) is 30.7 Å². The zero-order valence-electron chi connectivity index (χ0n) is 15.2. The SMILES string of the molecule is CC(C)[C@H]1CN(CC(N)=O)C[C@@H]1NC(=O)C1(c2ccccc2F)CC1.Cl. The van der Waals surface area contributed by atoms with Crippen LogP contribution in [0.1, 0.15) is 32.3 Å². The Kier molecular flexibility index (Phi) is 6.29. The number of hydrogen-bond donors (Lipinski definition) is 2. The summed E-state index contributed by atoms with van der Waals surface area (Å²) in [7, 11) is 0. The Labute approximate surface area is 159 Å². The summed E-state index contributed by atoms with van der Waals surface area (Å²) in [5.74, 6) is -0.169. The summed E-state index contributed by atoms with van der Waals surface area (Å²) in [5, 5.41) is 3.14. The van der Waals surface area contributed by atoms with Crippen LogP contribution in [0.5, 0.6) is 0 Å². The molecule has 26 heavy (non-hydrogen) atoms. The molecule has 5 nitrogen and oxygen atoms in total. The fourth-order valence-corrected chi connectivity index (χ4v) is 3.99. The average Bonchev–Trinajstić information content (AvgIpc) is 3.24. The van der Waals surface area contributed by atoms with Crippen LogP contribution < -0.4 is 11.1 Å². The molecule has 3 rings (SSSR count). The molecule has 1 aliphatic carbocycles. The molecular formula is C19H27ClFN3O2. The van der Waals surface area contributed by atoms with E-state index in [0.29, 0.717) is 30.9 Å². The number of nitrogens with zero attached hydrogens (tertiary/aromatic N) is 1. The minimum absolute atomic E-state index is 0. The highest BCUT2D eigenvalue weighted by Gasteiger charge is 2.53. The molecule has 2 aliphatic rings. The van der Waals surface area contributed by atoms with Crippen molar-refractivity contribution < 1.29 is 14.0 Å².